The van der Waals surface area contributed by atoms with Crippen molar-refractivity contribution in [3.05, 3.63) is 77.1 Å². The predicted octanol–water partition coefficient (Wildman–Crippen LogP) is 2.95. The molecule has 1 aromatic heterocycles. The molecule has 1 amide bonds. The van der Waals surface area contributed by atoms with E-state index in [-0.39, 0.29) is 18.7 Å². The van der Waals surface area contributed by atoms with Crippen LogP contribution in [-0.2, 0) is 6.42 Å². The normalized spacial score (nSPS) is 18.0. The number of tetrazole rings is 1. The monoisotopic (exact) mass is 583 g/mol. The minimum absolute atomic E-state index is 0.0173. The number of aromatic nitrogens is 4. The molecule has 12 nitrogen and oxygen atoms in total. The maximum Gasteiger partial charge on any atom is 0.254 e. The number of piperazine rings is 1. The van der Waals surface area contributed by atoms with Crippen LogP contribution in [0.25, 0.3) is 5.69 Å². The van der Waals surface area contributed by atoms with Crippen molar-refractivity contribution in [2.45, 2.75) is 12.5 Å². The Morgan fingerprint density at radius 3 is 2.56 bits per heavy atom. The van der Waals surface area contributed by atoms with Gasteiger partial charge in [0, 0.05) is 55.6 Å². The van der Waals surface area contributed by atoms with Gasteiger partial charge in [0.15, 0.2) is 17.3 Å². The van der Waals surface area contributed by atoms with Gasteiger partial charge in [0.05, 0.1) is 19.9 Å². The summed E-state index contributed by atoms with van der Waals surface area (Å²) in [4.78, 5) is 20.0. The van der Waals surface area contributed by atoms with Crippen molar-refractivity contribution in [3.8, 4) is 28.7 Å². The van der Waals surface area contributed by atoms with Gasteiger partial charge in [-0.2, -0.15) is 4.68 Å². The van der Waals surface area contributed by atoms with E-state index in [1.807, 2.05) is 60.5 Å². The van der Waals surface area contributed by atoms with Gasteiger partial charge in [0.1, 0.15) is 11.8 Å². The average Bonchev–Trinajstić information content (AvgIpc) is 3.74. The van der Waals surface area contributed by atoms with Gasteiger partial charge in [-0.25, -0.2) is 0 Å². The van der Waals surface area contributed by atoms with Crippen LogP contribution < -0.4 is 23.8 Å². The maximum atomic E-state index is 13.6. The quantitative estimate of drug-likeness (QED) is 0.336. The highest BCUT2D eigenvalue weighted by atomic mass is 16.7. The zero-order valence-electron chi connectivity index (χ0n) is 24.4. The predicted molar refractivity (Wildman–Crippen MR) is 158 cm³/mol. The molecule has 4 aromatic rings. The second kappa shape index (κ2) is 11.1. The number of amides is 1. The number of methoxy groups -OCH3 is 2. The summed E-state index contributed by atoms with van der Waals surface area (Å²) in [7, 11) is 5.35. The molecule has 43 heavy (non-hydrogen) atoms. The molecule has 0 aliphatic carbocycles. The van der Waals surface area contributed by atoms with Crippen molar-refractivity contribution in [1.29, 1.82) is 0 Å². The fourth-order valence-electron chi connectivity index (χ4n) is 6.24. The van der Waals surface area contributed by atoms with Crippen molar-refractivity contribution < 1.29 is 23.7 Å². The van der Waals surface area contributed by atoms with E-state index in [1.54, 1.807) is 18.9 Å². The van der Waals surface area contributed by atoms with Crippen LogP contribution in [0.4, 0.5) is 5.69 Å². The summed E-state index contributed by atoms with van der Waals surface area (Å²) in [5.41, 5.74) is 4.45. The number of hydrogen-bond acceptors (Lipinski definition) is 10. The van der Waals surface area contributed by atoms with E-state index in [0.29, 0.717) is 47.4 Å². The number of ether oxygens (including phenoxy) is 4. The highest BCUT2D eigenvalue weighted by Crippen LogP contribution is 2.50. The van der Waals surface area contributed by atoms with Gasteiger partial charge >= 0.3 is 0 Å². The smallest absolute Gasteiger partial charge is 0.254 e. The Balaban J connectivity index is 1.15. The van der Waals surface area contributed by atoms with Gasteiger partial charge in [0.2, 0.25) is 12.5 Å². The van der Waals surface area contributed by atoms with E-state index in [1.165, 1.54) is 0 Å². The first-order valence-electron chi connectivity index (χ1n) is 14.3. The molecule has 3 aliphatic heterocycles. The van der Waals surface area contributed by atoms with Gasteiger partial charge in [-0.3, -0.25) is 9.69 Å². The molecule has 222 valence electrons. The van der Waals surface area contributed by atoms with Crippen LogP contribution >= 0.6 is 0 Å². The summed E-state index contributed by atoms with van der Waals surface area (Å²) in [5, 5.41) is 12.9. The number of likely N-dealkylation sites (N-methyl/N-ethyl adjacent to an activating group) is 1. The Bertz CT molecular complexity index is 1670. The number of nitrogens with zero attached hydrogens (tertiary/aromatic N) is 7. The van der Waals surface area contributed by atoms with Crippen LogP contribution in [0.1, 0.15) is 33.4 Å². The van der Waals surface area contributed by atoms with Crippen molar-refractivity contribution in [2.24, 2.45) is 0 Å². The van der Waals surface area contributed by atoms with Gasteiger partial charge in [0.25, 0.3) is 5.91 Å². The number of fused-ring (bicyclic) bond motifs is 2. The molecule has 3 aliphatic rings. The Hall–Kier alpha value is -4.84. The number of benzene rings is 3. The molecule has 1 fully saturated rings. The molecule has 1 saturated heterocycles. The number of carbonyl (C=O) groups excluding carboxylic acids is 1. The van der Waals surface area contributed by atoms with Crippen molar-refractivity contribution >= 4 is 11.6 Å². The Morgan fingerprint density at radius 2 is 1.74 bits per heavy atom. The van der Waals surface area contributed by atoms with Crippen molar-refractivity contribution in [2.75, 3.05) is 65.7 Å². The molecular formula is C31H33N7O5. The lowest BCUT2D eigenvalue weighted by molar-refractivity contribution is 0.0746. The van der Waals surface area contributed by atoms with E-state index >= 15 is 0 Å². The zero-order chi connectivity index (χ0) is 29.5. The molecule has 1 atom stereocenters. The van der Waals surface area contributed by atoms with Gasteiger partial charge in [-0.15, -0.1) is 5.10 Å². The van der Waals surface area contributed by atoms with E-state index in [9.17, 15) is 4.79 Å². The second-order valence-corrected chi connectivity index (χ2v) is 10.8. The van der Waals surface area contributed by atoms with Crippen LogP contribution in [0.5, 0.6) is 23.0 Å². The minimum atomic E-state index is -0.299. The third-order valence-electron chi connectivity index (χ3n) is 8.46. The standard InChI is InChI=1S/C31H33N7O5/c1-35-11-10-20-17-25-28(43-19-42-25)29(41-3)26(20)27(35)30-32-33-34-38(30)23-8-4-6-21(16-23)31(39)37-14-12-36(13-15-37)22-7-5-9-24(18-22)40-2/h4-9,16-18,27H,10-15,19H2,1-3H3. The summed E-state index contributed by atoms with van der Waals surface area (Å²) >= 11 is 0. The molecule has 1 unspecified atom stereocenters. The largest absolute Gasteiger partial charge is 0.497 e. The molecule has 0 bridgehead atoms. The Morgan fingerprint density at radius 1 is 0.930 bits per heavy atom. The van der Waals surface area contributed by atoms with E-state index < -0.39 is 0 Å². The first kappa shape index (κ1) is 27.0. The minimum Gasteiger partial charge on any atom is -0.497 e. The van der Waals surface area contributed by atoms with Crippen LogP contribution in [0.2, 0.25) is 0 Å². The summed E-state index contributed by atoms with van der Waals surface area (Å²) in [6.45, 7) is 3.68. The third-order valence-corrected chi connectivity index (χ3v) is 8.46. The van der Waals surface area contributed by atoms with Crippen LogP contribution in [0, 0.1) is 0 Å². The summed E-state index contributed by atoms with van der Waals surface area (Å²) in [6.07, 6.45) is 0.825. The fraction of sp³-hybridized carbons (Fsp3) is 0.355. The molecular weight excluding hydrogens is 550 g/mol. The summed E-state index contributed by atoms with van der Waals surface area (Å²) < 4.78 is 24.4. The fourth-order valence-corrected chi connectivity index (χ4v) is 6.24. The molecule has 12 heteroatoms. The van der Waals surface area contributed by atoms with Crippen LogP contribution in [0.3, 0.4) is 0 Å². The molecule has 0 spiro atoms. The topological polar surface area (TPSA) is 107 Å². The molecule has 3 aromatic carbocycles. The molecule has 0 saturated carbocycles. The lowest BCUT2D eigenvalue weighted by atomic mass is 9.90. The first-order chi connectivity index (χ1) is 21.1. The third kappa shape index (κ3) is 4.77. The molecule has 0 N–H and O–H groups in total. The lowest BCUT2D eigenvalue weighted by Crippen LogP contribution is -2.48. The van der Waals surface area contributed by atoms with Gasteiger partial charge in [-0.1, -0.05) is 12.1 Å². The van der Waals surface area contributed by atoms with Crippen molar-refractivity contribution in [3.63, 3.8) is 0 Å². The average molecular weight is 584 g/mol. The Kier molecular flexibility index (Phi) is 6.98. The van der Waals surface area contributed by atoms with E-state index in [2.05, 4.69) is 31.4 Å². The number of carbonyl (C=O) groups is 1. The maximum absolute atomic E-state index is 13.6. The SMILES string of the molecule is COc1cccc(N2CCN(C(=O)c3cccc(-n4nnnc4C4c5c(cc6c(c5OC)OCO6)CCN4C)c3)CC2)c1. The number of anilines is 1. The molecule has 7 rings (SSSR count). The summed E-state index contributed by atoms with van der Waals surface area (Å²) in [6, 6.07) is 17.2. The van der Waals surface area contributed by atoms with Crippen molar-refractivity contribution in [1.82, 2.24) is 30.0 Å². The van der Waals surface area contributed by atoms with E-state index in [0.717, 1.165) is 48.6 Å². The lowest BCUT2D eigenvalue weighted by Gasteiger charge is -2.36. The van der Waals surface area contributed by atoms with E-state index in [4.69, 9.17) is 18.9 Å². The highest BCUT2D eigenvalue weighted by Gasteiger charge is 2.38. The second-order valence-electron chi connectivity index (χ2n) is 10.8. The number of rotatable bonds is 6. The highest BCUT2D eigenvalue weighted by molar-refractivity contribution is 5.95. The first-order valence-corrected chi connectivity index (χ1v) is 14.3. The van der Waals surface area contributed by atoms with Crippen LogP contribution in [-0.4, -0.2) is 96.7 Å². The summed E-state index contributed by atoms with van der Waals surface area (Å²) in [5.74, 6) is 3.35. The Labute approximate surface area is 249 Å². The number of hydrogen-bond donors (Lipinski definition) is 0. The van der Waals surface area contributed by atoms with Crippen LogP contribution in [0.15, 0.2) is 54.6 Å². The molecule has 4 heterocycles. The van der Waals surface area contributed by atoms with Gasteiger partial charge < -0.3 is 28.7 Å². The zero-order valence-corrected chi connectivity index (χ0v) is 24.4. The van der Waals surface area contributed by atoms with Gasteiger partial charge in [-0.05, 0) is 65.9 Å². The molecule has 0 radical (unpaired) electrons.